The van der Waals surface area contributed by atoms with E-state index < -0.39 is 12.1 Å². The number of hydrogen-bond donors (Lipinski definition) is 2. The summed E-state index contributed by atoms with van der Waals surface area (Å²) in [5.74, 6) is -1.39. The number of rotatable bonds is 8. The molecule has 5 rings (SSSR count). The summed E-state index contributed by atoms with van der Waals surface area (Å²) in [7, 11) is 3.59. The smallest absolute Gasteiger partial charge is 0.251 e. The van der Waals surface area contributed by atoms with Gasteiger partial charge in [-0.25, -0.2) is 9.80 Å². The van der Waals surface area contributed by atoms with Gasteiger partial charge in [-0.05, 0) is 67.7 Å². The van der Waals surface area contributed by atoms with Crippen LogP contribution in [-0.2, 0) is 32.3 Å². The zero-order chi connectivity index (χ0) is 28.6. The summed E-state index contributed by atoms with van der Waals surface area (Å²) in [5, 5.41) is 0. The summed E-state index contributed by atoms with van der Waals surface area (Å²) in [6.45, 7) is 0.897. The van der Waals surface area contributed by atoms with Gasteiger partial charge in [0.05, 0.1) is 36.3 Å². The highest BCUT2D eigenvalue weighted by molar-refractivity contribution is 6.24. The van der Waals surface area contributed by atoms with E-state index in [0.717, 1.165) is 20.9 Å². The van der Waals surface area contributed by atoms with Gasteiger partial charge in [0, 0.05) is 24.5 Å². The lowest BCUT2D eigenvalue weighted by Gasteiger charge is -2.24. The molecule has 3 aromatic carbocycles. The lowest BCUT2D eigenvalue weighted by molar-refractivity contribution is -0.124. The molecule has 4 N–H and O–H groups in total. The molecule has 0 aliphatic carbocycles. The van der Waals surface area contributed by atoms with Crippen LogP contribution in [-0.4, -0.2) is 59.6 Å². The summed E-state index contributed by atoms with van der Waals surface area (Å²) < 4.78 is 0. The Kier molecular flexibility index (Phi) is 7.38. The number of benzene rings is 3. The molecule has 2 fully saturated rings. The molecule has 206 valence electrons. The number of likely N-dealkylation sites (N-methyl/N-ethyl adjacent to an activating group) is 2. The quantitative estimate of drug-likeness (QED) is 0.329. The Morgan fingerprint density at radius 1 is 0.650 bits per heavy atom. The van der Waals surface area contributed by atoms with Crippen molar-refractivity contribution in [2.24, 2.45) is 0 Å². The van der Waals surface area contributed by atoms with Crippen molar-refractivity contribution < 1.29 is 19.2 Å². The molecule has 10 nitrogen and oxygen atoms in total. The standard InChI is InChI=1S/C30H32N6O4/c1-33(17-19-6-3-8-21(31)12-19)25-15-27(37)35(29(25)39)23-10-5-11-24(14-23)36-28(38)16-26(30(36)40)34(2)18-20-7-4-9-22(32)13-20/h3-14,25-26H,15-18,31-32H2,1-2H3. The van der Waals surface area contributed by atoms with Crippen LogP contribution in [0.4, 0.5) is 22.7 Å². The number of nitrogens with zero attached hydrogens (tertiary/aromatic N) is 4. The molecule has 2 aliphatic rings. The van der Waals surface area contributed by atoms with Gasteiger partial charge < -0.3 is 11.5 Å². The van der Waals surface area contributed by atoms with Crippen molar-refractivity contribution in [1.29, 1.82) is 0 Å². The number of hydrogen-bond acceptors (Lipinski definition) is 8. The van der Waals surface area contributed by atoms with Gasteiger partial charge in [0.2, 0.25) is 11.8 Å². The van der Waals surface area contributed by atoms with Gasteiger partial charge >= 0.3 is 0 Å². The van der Waals surface area contributed by atoms with E-state index in [9.17, 15) is 19.2 Å². The average Bonchev–Trinajstić information content (AvgIpc) is 3.38. The zero-order valence-corrected chi connectivity index (χ0v) is 22.5. The predicted molar refractivity (Wildman–Crippen MR) is 153 cm³/mol. The highest BCUT2D eigenvalue weighted by Gasteiger charge is 2.44. The van der Waals surface area contributed by atoms with E-state index in [1.54, 1.807) is 50.5 Å². The number of nitrogen functional groups attached to an aromatic ring is 2. The molecule has 2 unspecified atom stereocenters. The van der Waals surface area contributed by atoms with Gasteiger partial charge in [-0.1, -0.05) is 30.3 Å². The van der Waals surface area contributed by atoms with Crippen molar-refractivity contribution in [3.05, 3.63) is 83.9 Å². The maximum atomic E-state index is 13.4. The lowest BCUT2D eigenvalue weighted by atomic mass is 10.1. The van der Waals surface area contributed by atoms with Crippen LogP contribution < -0.4 is 21.3 Å². The van der Waals surface area contributed by atoms with E-state index in [1.165, 1.54) is 0 Å². The molecule has 2 atom stereocenters. The Bertz CT molecular complexity index is 1380. The van der Waals surface area contributed by atoms with E-state index in [4.69, 9.17) is 11.5 Å². The predicted octanol–water partition coefficient (Wildman–Crippen LogP) is 2.38. The van der Waals surface area contributed by atoms with Gasteiger partial charge in [0.25, 0.3) is 11.8 Å². The maximum Gasteiger partial charge on any atom is 0.251 e. The van der Waals surface area contributed by atoms with Crippen molar-refractivity contribution in [3.63, 3.8) is 0 Å². The third-order valence-electron chi connectivity index (χ3n) is 7.42. The van der Waals surface area contributed by atoms with Crippen LogP contribution in [0.25, 0.3) is 0 Å². The number of nitrogens with two attached hydrogens (primary N) is 2. The first-order valence-corrected chi connectivity index (χ1v) is 13.1. The Labute approximate surface area is 232 Å². The largest absolute Gasteiger partial charge is 0.399 e. The molecular weight excluding hydrogens is 508 g/mol. The van der Waals surface area contributed by atoms with Crippen LogP contribution in [0.15, 0.2) is 72.8 Å². The molecule has 0 spiro atoms. The molecule has 2 heterocycles. The van der Waals surface area contributed by atoms with Crippen molar-refractivity contribution in [2.45, 2.75) is 38.0 Å². The third-order valence-corrected chi connectivity index (χ3v) is 7.42. The second-order valence-electron chi connectivity index (χ2n) is 10.4. The highest BCUT2D eigenvalue weighted by atomic mass is 16.2. The van der Waals surface area contributed by atoms with Crippen molar-refractivity contribution in [2.75, 3.05) is 35.4 Å². The highest BCUT2D eigenvalue weighted by Crippen LogP contribution is 2.32. The van der Waals surface area contributed by atoms with E-state index in [-0.39, 0.29) is 36.5 Å². The van der Waals surface area contributed by atoms with Gasteiger partial charge in [0.15, 0.2) is 0 Å². The van der Waals surface area contributed by atoms with Crippen LogP contribution in [0.1, 0.15) is 24.0 Å². The molecule has 0 bridgehead atoms. The van der Waals surface area contributed by atoms with Crippen molar-refractivity contribution in [1.82, 2.24) is 9.80 Å². The second kappa shape index (κ2) is 10.9. The lowest BCUT2D eigenvalue weighted by Crippen LogP contribution is -2.40. The van der Waals surface area contributed by atoms with Crippen LogP contribution in [0.5, 0.6) is 0 Å². The third kappa shape index (κ3) is 5.31. The van der Waals surface area contributed by atoms with E-state index >= 15 is 0 Å². The van der Waals surface area contributed by atoms with E-state index in [2.05, 4.69) is 0 Å². The van der Waals surface area contributed by atoms with Gasteiger partial charge in [-0.2, -0.15) is 0 Å². The van der Waals surface area contributed by atoms with Crippen LogP contribution in [0.3, 0.4) is 0 Å². The van der Waals surface area contributed by atoms with E-state index in [1.807, 2.05) is 46.2 Å². The minimum absolute atomic E-state index is 0.0281. The minimum Gasteiger partial charge on any atom is -0.399 e. The van der Waals surface area contributed by atoms with Crippen LogP contribution in [0, 0.1) is 0 Å². The Balaban J connectivity index is 1.31. The molecular formula is C30H32N6O4. The number of anilines is 4. The molecule has 40 heavy (non-hydrogen) atoms. The topological polar surface area (TPSA) is 133 Å². The van der Waals surface area contributed by atoms with Gasteiger partial charge in [0.1, 0.15) is 0 Å². The monoisotopic (exact) mass is 540 g/mol. The minimum atomic E-state index is -0.641. The van der Waals surface area contributed by atoms with Crippen LogP contribution in [0.2, 0.25) is 0 Å². The number of carbonyl (C=O) groups excluding carboxylic acids is 4. The molecule has 10 heteroatoms. The number of imide groups is 2. The zero-order valence-electron chi connectivity index (χ0n) is 22.5. The van der Waals surface area contributed by atoms with Gasteiger partial charge in [-0.3, -0.25) is 29.0 Å². The van der Waals surface area contributed by atoms with Gasteiger partial charge in [-0.15, -0.1) is 0 Å². The number of amides is 4. The molecule has 0 saturated carbocycles. The maximum absolute atomic E-state index is 13.4. The van der Waals surface area contributed by atoms with Crippen LogP contribution >= 0.6 is 0 Å². The van der Waals surface area contributed by atoms with E-state index in [0.29, 0.717) is 35.8 Å². The summed E-state index contributed by atoms with van der Waals surface area (Å²) in [6.07, 6.45) is 0.0562. The Morgan fingerprint density at radius 3 is 1.45 bits per heavy atom. The summed E-state index contributed by atoms with van der Waals surface area (Å²) >= 11 is 0. The first-order valence-electron chi connectivity index (χ1n) is 13.1. The summed E-state index contributed by atoms with van der Waals surface area (Å²) in [5.41, 5.74) is 15.5. The second-order valence-corrected chi connectivity index (χ2v) is 10.4. The fourth-order valence-corrected chi connectivity index (χ4v) is 5.41. The first kappa shape index (κ1) is 27.0. The molecule has 2 aliphatic heterocycles. The molecule has 0 radical (unpaired) electrons. The summed E-state index contributed by atoms with van der Waals surface area (Å²) in [6, 6.07) is 19.9. The fourth-order valence-electron chi connectivity index (χ4n) is 5.41. The molecule has 0 aromatic heterocycles. The fraction of sp³-hybridized carbons (Fsp3) is 0.267. The molecule has 3 aromatic rings. The normalized spacial score (nSPS) is 19.5. The molecule has 4 amide bonds. The summed E-state index contributed by atoms with van der Waals surface area (Å²) in [4.78, 5) is 58.7. The Hall–Kier alpha value is -4.54. The van der Waals surface area contributed by atoms with Crippen molar-refractivity contribution >= 4 is 46.4 Å². The SMILES string of the molecule is CN(Cc1cccc(N)c1)C1CC(=O)N(c2cccc(N3C(=O)CC(N(C)Cc4cccc(N)c4)C3=O)c2)C1=O. The Morgan fingerprint density at radius 2 is 1.05 bits per heavy atom. The number of carbonyl (C=O) groups is 4. The molecule has 2 saturated heterocycles. The van der Waals surface area contributed by atoms with Crippen molar-refractivity contribution in [3.8, 4) is 0 Å². The first-order chi connectivity index (χ1) is 19.1. The average molecular weight is 541 g/mol.